The van der Waals surface area contributed by atoms with Gasteiger partial charge in [0.25, 0.3) is 0 Å². The minimum Gasteiger partial charge on any atom is -0.392 e. The Morgan fingerprint density at radius 3 is 2.29 bits per heavy atom. The summed E-state index contributed by atoms with van der Waals surface area (Å²) in [4.78, 5) is 0. The van der Waals surface area contributed by atoms with Crippen LogP contribution in [0.4, 0.5) is 17.6 Å². The first-order chi connectivity index (χ1) is 6.36. The zero-order valence-corrected chi connectivity index (χ0v) is 7.45. The van der Waals surface area contributed by atoms with Crippen molar-refractivity contribution < 1.29 is 22.7 Å². The van der Waals surface area contributed by atoms with Crippen LogP contribution in [0.15, 0.2) is 12.1 Å². The molecule has 0 saturated carbocycles. The van der Waals surface area contributed by atoms with E-state index in [1.54, 1.807) is 0 Å². The average molecular weight is 229 g/mol. The van der Waals surface area contributed by atoms with Crippen LogP contribution < -0.4 is 0 Å². The van der Waals surface area contributed by atoms with Gasteiger partial charge in [0.1, 0.15) is 5.82 Å². The Morgan fingerprint density at radius 2 is 1.86 bits per heavy atom. The highest BCUT2D eigenvalue weighted by molar-refractivity contribution is 6.30. The summed E-state index contributed by atoms with van der Waals surface area (Å²) >= 11 is 5.26. The van der Waals surface area contributed by atoms with E-state index in [1.807, 2.05) is 0 Å². The quantitative estimate of drug-likeness (QED) is 0.733. The molecule has 0 aliphatic heterocycles. The van der Waals surface area contributed by atoms with Crippen LogP contribution in [0, 0.1) is 5.82 Å². The van der Waals surface area contributed by atoms with Gasteiger partial charge in [-0.3, -0.25) is 0 Å². The van der Waals surface area contributed by atoms with Crippen LogP contribution in [-0.4, -0.2) is 5.11 Å². The van der Waals surface area contributed by atoms with Crippen molar-refractivity contribution in [3.8, 4) is 0 Å². The molecule has 0 spiro atoms. The third-order valence-corrected chi connectivity index (χ3v) is 1.91. The highest BCUT2D eigenvalue weighted by atomic mass is 35.5. The van der Waals surface area contributed by atoms with Gasteiger partial charge >= 0.3 is 6.18 Å². The minimum absolute atomic E-state index is 0.272. The van der Waals surface area contributed by atoms with E-state index in [2.05, 4.69) is 0 Å². The van der Waals surface area contributed by atoms with Crippen molar-refractivity contribution in [2.75, 3.05) is 0 Å². The molecule has 1 aromatic rings. The molecule has 0 amide bonds. The standard InChI is InChI=1S/C8H5ClF4O/c9-6-1-4(3-14)5(2-7(6)10)8(11,12)13/h1-2,14H,3H2. The Morgan fingerprint density at radius 1 is 1.29 bits per heavy atom. The van der Waals surface area contributed by atoms with E-state index in [1.165, 1.54) is 0 Å². The maximum absolute atomic E-state index is 12.7. The van der Waals surface area contributed by atoms with Crippen molar-refractivity contribution in [1.82, 2.24) is 0 Å². The van der Waals surface area contributed by atoms with Crippen LogP contribution in [0.5, 0.6) is 0 Å². The molecule has 6 heteroatoms. The fourth-order valence-corrected chi connectivity index (χ4v) is 1.17. The Kier molecular flexibility index (Phi) is 3.01. The SMILES string of the molecule is OCc1cc(Cl)c(F)cc1C(F)(F)F. The second kappa shape index (κ2) is 3.74. The number of hydrogen-bond acceptors (Lipinski definition) is 1. The number of rotatable bonds is 1. The van der Waals surface area contributed by atoms with Crippen LogP contribution in [0.1, 0.15) is 11.1 Å². The van der Waals surface area contributed by atoms with Gasteiger partial charge in [-0.25, -0.2) is 4.39 Å². The average Bonchev–Trinajstić information content (AvgIpc) is 2.07. The van der Waals surface area contributed by atoms with Gasteiger partial charge < -0.3 is 5.11 Å². The van der Waals surface area contributed by atoms with Crippen molar-refractivity contribution in [3.63, 3.8) is 0 Å². The van der Waals surface area contributed by atoms with Crippen molar-refractivity contribution >= 4 is 11.6 Å². The zero-order chi connectivity index (χ0) is 10.9. The van der Waals surface area contributed by atoms with Crippen molar-refractivity contribution in [2.45, 2.75) is 12.8 Å². The molecule has 0 atom stereocenters. The predicted molar refractivity (Wildman–Crippen MR) is 42.3 cm³/mol. The zero-order valence-electron chi connectivity index (χ0n) is 6.70. The third kappa shape index (κ3) is 2.16. The maximum atomic E-state index is 12.7. The first-order valence-corrected chi connectivity index (χ1v) is 3.90. The van der Waals surface area contributed by atoms with Crippen LogP contribution in [-0.2, 0) is 12.8 Å². The summed E-state index contributed by atoms with van der Waals surface area (Å²) in [5.74, 6) is -1.16. The number of aliphatic hydroxyl groups excluding tert-OH is 1. The summed E-state index contributed by atoms with van der Waals surface area (Å²) in [5, 5.41) is 8.17. The lowest BCUT2D eigenvalue weighted by Gasteiger charge is -2.11. The van der Waals surface area contributed by atoms with E-state index in [0.717, 1.165) is 6.07 Å². The highest BCUT2D eigenvalue weighted by Crippen LogP contribution is 2.34. The van der Waals surface area contributed by atoms with Crippen molar-refractivity contribution in [3.05, 3.63) is 34.1 Å². The fraction of sp³-hybridized carbons (Fsp3) is 0.250. The molecule has 1 rings (SSSR count). The summed E-state index contributed by atoms with van der Waals surface area (Å²) in [7, 11) is 0. The normalized spacial score (nSPS) is 11.9. The molecule has 0 bridgehead atoms. The lowest BCUT2D eigenvalue weighted by Crippen LogP contribution is -2.10. The van der Waals surface area contributed by atoms with Crippen molar-refractivity contribution in [1.29, 1.82) is 0 Å². The van der Waals surface area contributed by atoms with E-state index in [0.29, 0.717) is 0 Å². The lowest BCUT2D eigenvalue weighted by atomic mass is 10.1. The van der Waals surface area contributed by atoms with Gasteiger partial charge in [-0.05, 0) is 17.7 Å². The molecule has 1 N–H and O–H groups in total. The Balaban J connectivity index is 3.35. The molecule has 0 radical (unpaired) electrons. The first kappa shape index (κ1) is 11.3. The second-order valence-electron chi connectivity index (χ2n) is 2.58. The molecule has 0 saturated heterocycles. The van der Waals surface area contributed by atoms with E-state index in [4.69, 9.17) is 16.7 Å². The fourth-order valence-electron chi connectivity index (χ4n) is 0.983. The highest BCUT2D eigenvalue weighted by Gasteiger charge is 2.34. The molecule has 0 aliphatic rings. The van der Waals surface area contributed by atoms with Crippen LogP contribution in [0.2, 0.25) is 5.02 Å². The molecule has 0 aromatic heterocycles. The summed E-state index contributed by atoms with van der Waals surface area (Å²) in [5.41, 5.74) is -1.65. The van der Waals surface area contributed by atoms with Crippen LogP contribution in [0.3, 0.4) is 0 Å². The number of halogens is 5. The summed E-state index contributed by atoms with van der Waals surface area (Å²) in [6.07, 6.45) is -4.69. The maximum Gasteiger partial charge on any atom is 0.416 e. The van der Waals surface area contributed by atoms with Crippen LogP contribution >= 0.6 is 11.6 Å². The minimum atomic E-state index is -4.69. The lowest BCUT2D eigenvalue weighted by molar-refractivity contribution is -0.138. The number of aliphatic hydroxyl groups is 1. The number of benzene rings is 1. The topological polar surface area (TPSA) is 20.2 Å². The van der Waals surface area contributed by atoms with Gasteiger partial charge in [-0.1, -0.05) is 11.6 Å². The van der Waals surface area contributed by atoms with Gasteiger partial charge in [-0.15, -0.1) is 0 Å². The molecule has 0 aliphatic carbocycles. The molecule has 14 heavy (non-hydrogen) atoms. The van der Waals surface area contributed by atoms with Crippen LogP contribution in [0.25, 0.3) is 0 Å². The molecular formula is C8H5ClF4O. The van der Waals surface area contributed by atoms with E-state index >= 15 is 0 Å². The second-order valence-corrected chi connectivity index (χ2v) is 2.99. The predicted octanol–water partition coefficient (Wildman–Crippen LogP) is 2.99. The molecular weight excluding hydrogens is 224 g/mol. The third-order valence-electron chi connectivity index (χ3n) is 1.62. The summed E-state index contributed by atoms with van der Waals surface area (Å²) in [6.45, 7) is -0.838. The van der Waals surface area contributed by atoms with Gasteiger partial charge in [0.2, 0.25) is 0 Å². The first-order valence-electron chi connectivity index (χ1n) is 3.52. The van der Waals surface area contributed by atoms with E-state index < -0.39 is 34.7 Å². The molecule has 1 aromatic carbocycles. The Bertz CT molecular complexity index is 348. The number of alkyl halides is 3. The Labute approximate surface area is 81.9 Å². The van der Waals surface area contributed by atoms with E-state index in [9.17, 15) is 17.6 Å². The molecule has 0 fully saturated rings. The summed E-state index contributed by atoms with van der Waals surface area (Å²) < 4.78 is 49.4. The van der Waals surface area contributed by atoms with Gasteiger partial charge in [0, 0.05) is 0 Å². The number of hydrogen-bond donors (Lipinski definition) is 1. The molecule has 0 unspecified atom stereocenters. The molecule has 0 heterocycles. The van der Waals surface area contributed by atoms with Gasteiger partial charge in [-0.2, -0.15) is 13.2 Å². The van der Waals surface area contributed by atoms with Gasteiger partial charge in [0.05, 0.1) is 17.2 Å². The van der Waals surface area contributed by atoms with Crippen molar-refractivity contribution in [2.24, 2.45) is 0 Å². The van der Waals surface area contributed by atoms with E-state index in [-0.39, 0.29) is 6.07 Å². The molecule has 78 valence electrons. The summed E-state index contributed by atoms with van der Waals surface area (Å²) in [6, 6.07) is 1.04. The Hall–Kier alpha value is -0.810. The smallest absolute Gasteiger partial charge is 0.392 e. The monoisotopic (exact) mass is 228 g/mol. The van der Waals surface area contributed by atoms with Gasteiger partial charge in [0.15, 0.2) is 0 Å². The molecule has 1 nitrogen and oxygen atoms in total. The largest absolute Gasteiger partial charge is 0.416 e.